The van der Waals surface area contributed by atoms with Gasteiger partial charge in [0.15, 0.2) is 0 Å². The standard InChI is InChI=1S/C14H20O7/c15-9-3-4-10(6-9)19-14(18)21-12-8-2-1-7(5-8)11(12)20-13(16)17/h7-12,15H,1-6H2,(H,16,17). The van der Waals surface area contributed by atoms with Crippen LogP contribution in [0, 0.1) is 11.8 Å². The third-order valence-corrected chi connectivity index (χ3v) is 4.86. The zero-order valence-corrected chi connectivity index (χ0v) is 11.6. The lowest BCUT2D eigenvalue weighted by atomic mass is 9.95. The Morgan fingerprint density at radius 1 is 0.857 bits per heavy atom. The van der Waals surface area contributed by atoms with Crippen LogP contribution in [-0.2, 0) is 14.2 Å². The maximum absolute atomic E-state index is 11.8. The number of aliphatic hydroxyl groups excluding tert-OH is 1. The molecule has 0 aliphatic heterocycles. The van der Waals surface area contributed by atoms with Crippen molar-refractivity contribution in [2.75, 3.05) is 0 Å². The lowest BCUT2D eigenvalue weighted by Gasteiger charge is -2.29. The Morgan fingerprint density at radius 2 is 1.52 bits per heavy atom. The van der Waals surface area contributed by atoms with Gasteiger partial charge in [-0.2, -0.15) is 0 Å². The first-order valence-corrected chi connectivity index (χ1v) is 7.48. The molecule has 3 aliphatic rings. The smallest absolute Gasteiger partial charge is 0.450 e. The van der Waals surface area contributed by atoms with Crippen LogP contribution in [0.1, 0.15) is 38.5 Å². The molecule has 0 heterocycles. The van der Waals surface area contributed by atoms with Crippen molar-refractivity contribution in [1.29, 1.82) is 0 Å². The molecule has 3 rings (SSSR count). The number of hydrogen-bond acceptors (Lipinski definition) is 6. The molecule has 3 aliphatic carbocycles. The molecule has 0 saturated heterocycles. The van der Waals surface area contributed by atoms with Gasteiger partial charge in [0.1, 0.15) is 18.3 Å². The highest BCUT2D eigenvalue weighted by atomic mass is 16.7. The fraction of sp³-hybridized carbons (Fsp3) is 0.857. The van der Waals surface area contributed by atoms with Gasteiger partial charge in [0.25, 0.3) is 0 Å². The summed E-state index contributed by atoms with van der Waals surface area (Å²) >= 11 is 0. The van der Waals surface area contributed by atoms with Crippen LogP contribution in [0.15, 0.2) is 0 Å². The number of rotatable bonds is 3. The van der Waals surface area contributed by atoms with Gasteiger partial charge >= 0.3 is 12.3 Å². The van der Waals surface area contributed by atoms with E-state index in [1.54, 1.807) is 0 Å². The van der Waals surface area contributed by atoms with E-state index in [9.17, 15) is 14.7 Å². The van der Waals surface area contributed by atoms with Gasteiger partial charge in [-0.25, -0.2) is 9.59 Å². The van der Waals surface area contributed by atoms with E-state index in [-0.39, 0.29) is 17.9 Å². The van der Waals surface area contributed by atoms with Gasteiger partial charge in [-0.15, -0.1) is 0 Å². The van der Waals surface area contributed by atoms with Gasteiger partial charge in [0.2, 0.25) is 0 Å². The monoisotopic (exact) mass is 300 g/mol. The van der Waals surface area contributed by atoms with Crippen molar-refractivity contribution in [3.63, 3.8) is 0 Å². The van der Waals surface area contributed by atoms with Crippen molar-refractivity contribution < 1.29 is 34.0 Å². The molecule has 0 spiro atoms. The van der Waals surface area contributed by atoms with E-state index >= 15 is 0 Å². The summed E-state index contributed by atoms with van der Waals surface area (Å²) in [5.74, 6) is 0.290. The van der Waals surface area contributed by atoms with Gasteiger partial charge in [0, 0.05) is 18.3 Å². The van der Waals surface area contributed by atoms with Gasteiger partial charge in [0.05, 0.1) is 6.10 Å². The fourth-order valence-electron chi connectivity index (χ4n) is 3.93. The zero-order valence-electron chi connectivity index (χ0n) is 11.6. The Balaban J connectivity index is 1.55. The molecule has 6 atom stereocenters. The second kappa shape index (κ2) is 5.71. The SMILES string of the molecule is O=C(O)OC1C2CCC(C2)C1OC(=O)OC1CCC(O)C1. The fourth-order valence-corrected chi connectivity index (χ4v) is 3.93. The minimum absolute atomic E-state index is 0.136. The second-order valence-corrected chi connectivity index (χ2v) is 6.22. The summed E-state index contributed by atoms with van der Waals surface area (Å²) < 4.78 is 15.4. The predicted molar refractivity (Wildman–Crippen MR) is 68.7 cm³/mol. The van der Waals surface area contributed by atoms with Crippen LogP contribution < -0.4 is 0 Å². The quantitative estimate of drug-likeness (QED) is 0.767. The minimum atomic E-state index is -1.34. The lowest BCUT2D eigenvalue weighted by molar-refractivity contribution is -0.0765. The average Bonchev–Trinajstić information content (AvgIpc) is 3.08. The molecule has 0 radical (unpaired) electrons. The molecule has 0 aromatic carbocycles. The molecule has 6 unspecified atom stereocenters. The largest absolute Gasteiger partial charge is 0.508 e. The Bertz CT molecular complexity index is 424. The topological polar surface area (TPSA) is 102 Å². The van der Waals surface area contributed by atoms with Gasteiger partial charge in [-0.1, -0.05) is 0 Å². The van der Waals surface area contributed by atoms with Crippen LogP contribution >= 0.6 is 0 Å². The molecule has 0 aromatic rings. The summed E-state index contributed by atoms with van der Waals surface area (Å²) in [4.78, 5) is 22.6. The first-order valence-electron chi connectivity index (χ1n) is 7.48. The Morgan fingerprint density at radius 3 is 2.10 bits per heavy atom. The summed E-state index contributed by atoms with van der Waals surface area (Å²) in [6.45, 7) is 0. The Kier molecular flexibility index (Phi) is 3.93. The number of ether oxygens (including phenoxy) is 3. The number of carbonyl (C=O) groups is 2. The first kappa shape index (κ1) is 14.4. The highest BCUT2D eigenvalue weighted by molar-refractivity contribution is 5.61. The number of carbonyl (C=O) groups excluding carboxylic acids is 1. The van der Waals surface area contributed by atoms with Gasteiger partial charge in [-0.3, -0.25) is 0 Å². The van der Waals surface area contributed by atoms with Crippen LogP contribution in [0.2, 0.25) is 0 Å². The molecule has 3 fully saturated rings. The number of hydrogen-bond donors (Lipinski definition) is 2. The van der Waals surface area contributed by atoms with E-state index in [0.29, 0.717) is 19.3 Å². The van der Waals surface area contributed by atoms with Crippen molar-refractivity contribution in [1.82, 2.24) is 0 Å². The first-order chi connectivity index (χ1) is 10.0. The summed E-state index contributed by atoms with van der Waals surface area (Å²) in [7, 11) is 0. The van der Waals surface area contributed by atoms with Crippen LogP contribution in [0.4, 0.5) is 9.59 Å². The van der Waals surface area contributed by atoms with E-state index in [2.05, 4.69) is 0 Å². The highest BCUT2D eigenvalue weighted by Gasteiger charge is 2.52. The minimum Gasteiger partial charge on any atom is -0.450 e. The maximum Gasteiger partial charge on any atom is 0.508 e. The molecule has 21 heavy (non-hydrogen) atoms. The molecule has 0 amide bonds. The normalized spacial score (nSPS) is 41.0. The van der Waals surface area contributed by atoms with Gasteiger partial charge < -0.3 is 24.4 Å². The molecule has 2 bridgehead atoms. The average molecular weight is 300 g/mol. The van der Waals surface area contributed by atoms with Crippen LogP contribution in [0.25, 0.3) is 0 Å². The third-order valence-electron chi connectivity index (χ3n) is 4.86. The summed E-state index contributed by atoms with van der Waals surface area (Å²) in [5, 5.41) is 18.2. The highest BCUT2D eigenvalue weighted by Crippen LogP contribution is 2.47. The molecular formula is C14H20O7. The third kappa shape index (κ3) is 3.07. The molecule has 7 heteroatoms. The molecule has 3 saturated carbocycles. The number of carboxylic acid groups (broad SMARTS) is 1. The Hall–Kier alpha value is -1.50. The maximum atomic E-state index is 11.8. The van der Waals surface area contributed by atoms with E-state index in [0.717, 1.165) is 19.3 Å². The van der Waals surface area contributed by atoms with E-state index in [4.69, 9.17) is 19.3 Å². The van der Waals surface area contributed by atoms with Crippen molar-refractivity contribution >= 4 is 12.3 Å². The van der Waals surface area contributed by atoms with Crippen LogP contribution in [0.5, 0.6) is 0 Å². The lowest BCUT2D eigenvalue weighted by Crippen LogP contribution is -2.40. The van der Waals surface area contributed by atoms with Crippen LogP contribution in [0.3, 0.4) is 0 Å². The zero-order chi connectivity index (χ0) is 15.0. The molecule has 2 N–H and O–H groups in total. The molecular weight excluding hydrogens is 280 g/mol. The number of fused-ring (bicyclic) bond motifs is 2. The molecule has 0 aromatic heterocycles. The second-order valence-electron chi connectivity index (χ2n) is 6.22. The van der Waals surface area contributed by atoms with E-state index < -0.39 is 30.6 Å². The van der Waals surface area contributed by atoms with Crippen molar-refractivity contribution in [2.45, 2.75) is 62.9 Å². The molecule has 7 nitrogen and oxygen atoms in total. The summed E-state index contributed by atoms with van der Waals surface area (Å²) in [5.41, 5.74) is 0. The van der Waals surface area contributed by atoms with Gasteiger partial charge in [-0.05, 0) is 32.1 Å². The number of aliphatic hydroxyl groups is 1. The molecule has 118 valence electrons. The van der Waals surface area contributed by atoms with Crippen molar-refractivity contribution in [3.8, 4) is 0 Å². The predicted octanol–water partition coefficient (Wildman–Crippen LogP) is 1.91. The van der Waals surface area contributed by atoms with E-state index in [1.807, 2.05) is 0 Å². The summed E-state index contributed by atoms with van der Waals surface area (Å²) in [6, 6.07) is 0. The Labute approximate surface area is 122 Å². The van der Waals surface area contributed by atoms with Crippen molar-refractivity contribution in [2.24, 2.45) is 11.8 Å². The van der Waals surface area contributed by atoms with Crippen LogP contribution in [-0.4, -0.2) is 46.9 Å². The van der Waals surface area contributed by atoms with E-state index in [1.165, 1.54) is 0 Å². The van der Waals surface area contributed by atoms with Crippen molar-refractivity contribution in [3.05, 3.63) is 0 Å². The summed E-state index contributed by atoms with van der Waals surface area (Å²) in [6.07, 6.45) is 0.355.